The molecule has 0 aliphatic rings. The number of carbonyl (C=O) groups excluding carboxylic acids is 1. The van der Waals surface area contributed by atoms with Crippen LogP contribution in [0.5, 0.6) is 0 Å². The van der Waals surface area contributed by atoms with E-state index in [0.717, 1.165) is 10.2 Å². The summed E-state index contributed by atoms with van der Waals surface area (Å²) in [5.41, 5.74) is 7.63. The van der Waals surface area contributed by atoms with Crippen molar-refractivity contribution < 1.29 is 4.79 Å². The molecule has 6 heteroatoms. The number of rotatable bonds is 4. The number of hydrogen-bond donors (Lipinski definition) is 2. The van der Waals surface area contributed by atoms with Gasteiger partial charge in [-0.05, 0) is 47.6 Å². The minimum atomic E-state index is -0.484. The third kappa shape index (κ3) is 2.85. The highest BCUT2D eigenvalue weighted by Gasteiger charge is 2.10. The number of aromatic nitrogens is 2. The number of primary amides is 1. The van der Waals surface area contributed by atoms with Gasteiger partial charge >= 0.3 is 0 Å². The van der Waals surface area contributed by atoms with Crippen LogP contribution in [0, 0.1) is 0 Å². The van der Waals surface area contributed by atoms with Gasteiger partial charge in [0.15, 0.2) is 0 Å². The van der Waals surface area contributed by atoms with Gasteiger partial charge in [-0.15, -0.1) is 0 Å². The van der Waals surface area contributed by atoms with Crippen LogP contribution in [0.25, 0.3) is 5.69 Å². The fraction of sp³-hybridized carbons (Fsp3) is 0.231. The van der Waals surface area contributed by atoms with Crippen molar-refractivity contribution in [3.05, 3.63) is 46.2 Å². The van der Waals surface area contributed by atoms with E-state index >= 15 is 0 Å². The van der Waals surface area contributed by atoms with Crippen molar-refractivity contribution in [3.8, 4) is 5.69 Å². The lowest BCUT2D eigenvalue weighted by molar-refractivity contribution is 0.100. The highest BCUT2D eigenvalue weighted by molar-refractivity contribution is 9.10. The summed E-state index contributed by atoms with van der Waals surface area (Å²) in [6, 6.07) is 6.27. The molecule has 0 radical (unpaired) electrons. The molecule has 0 fully saturated rings. The highest BCUT2D eigenvalue weighted by Crippen LogP contribution is 2.25. The second kappa shape index (κ2) is 5.54. The van der Waals surface area contributed by atoms with E-state index in [1.807, 2.05) is 25.2 Å². The molecule has 19 heavy (non-hydrogen) atoms. The lowest BCUT2D eigenvalue weighted by Crippen LogP contribution is -2.12. The first-order chi connectivity index (χ1) is 9.02. The van der Waals surface area contributed by atoms with E-state index in [4.69, 9.17) is 5.73 Å². The molecule has 1 heterocycles. The second-order valence-electron chi connectivity index (χ2n) is 4.26. The van der Waals surface area contributed by atoms with E-state index in [-0.39, 0.29) is 6.04 Å². The van der Waals surface area contributed by atoms with Crippen molar-refractivity contribution >= 4 is 21.8 Å². The topological polar surface area (TPSA) is 72.9 Å². The van der Waals surface area contributed by atoms with Gasteiger partial charge in [-0.2, -0.15) is 5.10 Å². The van der Waals surface area contributed by atoms with Gasteiger partial charge in [-0.3, -0.25) is 4.79 Å². The Morgan fingerprint density at radius 3 is 2.79 bits per heavy atom. The molecule has 0 spiro atoms. The van der Waals surface area contributed by atoms with Crippen molar-refractivity contribution in [3.63, 3.8) is 0 Å². The Kier molecular flexibility index (Phi) is 4.01. The quantitative estimate of drug-likeness (QED) is 0.904. The Bertz CT molecular complexity index is 608. The summed E-state index contributed by atoms with van der Waals surface area (Å²) in [5, 5.41) is 7.32. The molecule has 0 aliphatic heterocycles. The van der Waals surface area contributed by atoms with Crippen LogP contribution in [0.3, 0.4) is 0 Å². The number of halogens is 1. The first-order valence-corrected chi connectivity index (χ1v) is 6.63. The minimum Gasteiger partial charge on any atom is -0.366 e. The molecule has 1 amide bonds. The molecule has 3 N–H and O–H groups in total. The number of nitrogens with one attached hydrogen (secondary N) is 1. The van der Waals surface area contributed by atoms with Crippen molar-refractivity contribution in [2.45, 2.75) is 13.0 Å². The van der Waals surface area contributed by atoms with Gasteiger partial charge in [0.05, 0.1) is 17.4 Å². The summed E-state index contributed by atoms with van der Waals surface area (Å²) in [6.07, 6.45) is 3.07. The van der Waals surface area contributed by atoms with E-state index in [0.29, 0.717) is 5.56 Å². The van der Waals surface area contributed by atoms with Crippen LogP contribution in [-0.2, 0) is 0 Å². The van der Waals surface area contributed by atoms with Crippen molar-refractivity contribution in [2.75, 3.05) is 7.05 Å². The number of benzene rings is 1. The monoisotopic (exact) mass is 322 g/mol. The van der Waals surface area contributed by atoms with Crippen molar-refractivity contribution in [2.24, 2.45) is 5.73 Å². The maximum atomic E-state index is 11.1. The molecule has 0 bridgehead atoms. The standard InChI is InChI=1S/C13H15BrN4O/c1-8(16-2)9-3-4-12(11(14)5-9)18-7-10(6-17-18)13(15)19/h3-8,16H,1-2H3,(H2,15,19). The van der Waals surface area contributed by atoms with Crippen molar-refractivity contribution in [1.29, 1.82) is 0 Å². The van der Waals surface area contributed by atoms with Crippen LogP contribution in [0.2, 0.25) is 0 Å². The molecule has 1 aromatic heterocycles. The Morgan fingerprint density at radius 1 is 1.53 bits per heavy atom. The Balaban J connectivity index is 2.37. The molecule has 5 nitrogen and oxygen atoms in total. The van der Waals surface area contributed by atoms with Crippen molar-refractivity contribution in [1.82, 2.24) is 15.1 Å². The summed E-state index contributed by atoms with van der Waals surface area (Å²) >= 11 is 3.52. The molecule has 0 saturated carbocycles. The number of carbonyl (C=O) groups is 1. The number of nitrogens with two attached hydrogens (primary N) is 1. The molecule has 2 aromatic rings. The van der Waals surface area contributed by atoms with Crippen LogP contribution in [-0.4, -0.2) is 22.7 Å². The van der Waals surface area contributed by atoms with Gasteiger partial charge in [-0.1, -0.05) is 6.07 Å². The largest absolute Gasteiger partial charge is 0.366 e. The summed E-state index contributed by atoms with van der Waals surface area (Å²) < 4.78 is 2.53. The maximum Gasteiger partial charge on any atom is 0.251 e. The normalized spacial score (nSPS) is 12.4. The third-order valence-electron chi connectivity index (χ3n) is 3.02. The van der Waals surface area contributed by atoms with Crippen LogP contribution >= 0.6 is 15.9 Å². The summed E-state index contributed by atoms with van der Waals surface area (Å²) in [6.45, 7) is 2.08. The average Bonchev–Trinajstić information content (AvgIpc) is 2.87. The lowest BCUT2D eigenvalue weighted by atomic mass is 10.1. The Morgan fingerprint density at radius 2 is 2.26 bits per heavy atom. The fourth-order valence-electron chi connectivity index (χ4n) is 1.73. The molecule has 1 unspecified atom stereocenters. The van der Waals surface area contributed by atoms with E-state index in [1.165, 1.54) is 11.8 Å². The van der Waals surface area contributed by atoms with E-state index in [2.05, 4.69) is 33.3 Å². The highest BCUT2D eigenvalue weighted by atomic mass is 79.9. The van der Waals surface area contributed by atoms with E-state index < -0.39 is 5.91 Å². The molecule has 100 valence electrons. The minimum absolute atomic E-state index is 0.268. The molecule has 0 aliphatic carbocycles. The molecule has 1 aromatic carbocycles. The summed E-state index contributed by atoms with van der Waals surface area (Å²) in [7, 11) is 1.92. The molecule has 0 saturated heterocycles. The lowest BCUT2D eigenvalue weighted by Gasteiger charge is -2.13. The van der Waals surface area contributed by atoms with E-state index in [1.54, 1.807) is 10.9 Å². The predicted molar refractivity (Wildman–Crippen MR) is 77.3 cm³/mol. The molecular weight excluding hydrogens is 308 g/mol. The zero-order chi connectivity index (χ0) is 14.0. The smallest absolute Gasteiger partial charge is 0.251 e. The van der Waals surface area contributed by atoms with Gasteiger partial charge in [0.1, 0.15) is 0 Å². The average molecular weight is 323 g/mol. The molecule has 2 rings (SSSR count). The summed E-state index contributed by atoms with van der Waals surface area (Å²) in [5.74, 6) is -0.484. The number of amides is 1. The number of hydrogen-bond acceptors (Lipinski definition) is 3. The van der Waals surface area contributed by atoms with Gasteiger partial charge in [0.25, 0.3) is 5.91 Å². The molecular formula is C13H15BrN4O. The Hall–Kier alpha value is -1.66. The predicted octanol–water partition coefficient (Wildman–Crippen LogP) is 2.01. The van der Waals surface area contributed by atoms with Crippen LogP contribution in [0.15, 0.2) is 35.1 Å². The van der Waals surface area contributed by atoms with Gasteiger partial charge in [-0.25, -0.2) is 4.68 Å². The zero-order valence-corrected chi connectivity index (χ0v) is 12.3. The SMILES string of the molecule is CNC(C)c1ccc(-n2cc(C(N)=O)cn2)c(Br)c1. The third-order valence-corrected chi connectivity index (χ3v) is 3.65. The summed E-state index contributed by atoms with van der Waals surface area (Å²) in [4.78, 5) is 11.1. The maximum absolute atomic E-state index is 11.1. The second-order valence-corrected chi connectivity index (χ2v) is 5.11. The van der Waals surface area contributed by atoms with Crippen LogP contribution in [0.1, 0.15) is 28.9 Å². The number of nitrogens with zero attached hydrogens (tertiary/aromatic N) is 2. The van der Waals surface area contributed by atoms with Crippen LogP contribution in [0.4, 0.5) is 0 Å². The Labute approximate surface area is 119 Å². The first-order valence-electron chi connectivity index (χ1n) is 5.84. The van der Waals surface area contributed by atoms with Gasteiger partial charge < -0.3 is 11.1 Å². The van der Waals surface area contributed by atoms with Gasteiger partial charge in [0, 0.05) is 16.7 Å². The fourth-order valence-corrected chi connectivity index (χ4v) is 2.30. The first kappa shape index (κ1) is 13.8. The van der Waals surface area contributed by atoms with E-state index in [9.17, 15) is 4.79 Å². The van der Waals surface area contributed by atoms with Crippen LogP contribution < -0.4 is 11.1 Å². The zero-order valence-electron chi connectivity index (χ0n) is 10.7. The molecule has 1 atom stereocenters. The van der Waals surface area contributed by atoms with Gasteiger partial charge in [0.2, 0.25) is 0 Å².